The lowest BCUT2D eigenvalue weighted by atomic mass is 10.1. The molecular formula is C17H18ClNO. The number of alkyl halides is 1. The van der Waals surface area contributed by atoms with Crippen molar-refractivity contribution in [2.75, 3.05) is 17.3 Å². The van der Waals surface area contributed by atoms with Gasteiger partial charge in [-0.2, -0.15) is 0 Å². The van der Waals surface area contributed by atoms with Gasteiger partial charge in [0.25, 0.3) is 0 Å². The maximum atomic E-state index is 10.9. The summed E-state index contributed by atoms with van der Waals surface area (Å²) in [7, 11) is 0. The molecule has 0 radical (unpaired) electrons. The zero-order chi connectivity index (χ0) is 14.4. The van der Waals surface area contributed by atoms with Crippen LogP contribution in [-0.2, 0) is 6.54 Å². The molecule has 3 heteroatoms. The molecule has 0 spiro atoms. The van der Waals surface area contributed by atoms with Crippen LogP contribution >= 0.6 is 11.6 Å². The summed E-state index contributed by atoms with van der Waals surface area (Å²) in [6.07, 6.45) is 0.891. The number of aldehydes is 1. The lowest BCUT2D eigenvalue weighted by Crippen LogP contribution is -2.25. The minimum absolute atomic E-state index is 0.571. The molecule has 0 saturated carbocycles. The van der Waals surface area contributed by atoms with Gasteiger partial charge < -0.3 is 4.90 Å². The third-order valence-corrected chi connectivity index (χ3v) is 3.49. The van der Waals surface area contributed by atoms with E-state index in [-0.39, 0.29) is 0 Å². The van der Waals surface area contributed by atoms with Crippen molar-refractivity contribution in [1.29, 1.82) is 0 Å². The molecule has 2 aromatic rings. The number of carbonyl (C=O) groups is 1. The van der Waals surface area contributed by atoms with Gasteiger partial charge in [-0.3, -0.25) is 4.79 Å². The molecule has 0 saturated heterocycles. The average molecular weight is 288 g/mol. The zero-order valence-electron chi connectivity index (χ0n) is 11.6. The van der Waals surface area contributed by atoms with Crippen molar-refractivity contribution in [1.82, 2.24) is 0 Å². The first kappa shape index (κ1) is 14.6. The Hall–Kier alpha value is -1.80. The van der Waals surface area contributed by atoms with E-state index in [9.17, 15) is 4.79 Å². The summed E-state index contributed by atoms with van der Waals surface area (Å²) in [5, 5.41) is 0. The van der Waals surface area contributed by atoms with Gasteiger partial charge in [0.05, 0.1) is 0 Å². The second-order valence-corrected chi connectivity index (χ2v) is 5.13. The summed E-state index contributed by atoms with van der Waals surface area (Å²) >= 11 is 5.91. The van der Waals surface area contributed by atoms with Crippen LogP contribution in [0.25, 0.3) is 0 Å². The van der Waals surface area contributed by atoms with Gasteiger partial charge in [-0.1, -0.05) is 30.3 Å². The number of benzene rings is 2. The van der Waals surface area contributed by atoms with Gasteiger partial charge in [0.2, 0.25) is 0 Å². The van der Waals surface area contributed by atoms with Crippen molar-refractivity contribution in [3.05, 3.63) is 65.2 Å². The van der Waals surface area contributed by atoms with E-state index in [0.717, 1.165) is 36.2 Å². The minimum Gasteiger partial charge on any atom is -0.366 e. The van der Waals surface area contributed by atoms with E-state index in [1.807, 2.05) is 43.3 Å². The number of aryl methyl sites for hydroxylation is 1. The topological polar surface area (TPSA) is 20.3 Å². The highest BCUT2D eigenvalue weighted by molar-refractivity contribution is 6.18. The number of anilines is 1. The minimum atomic E-state index is 0.571. The van der Waals surface area contributed by atoms with E-state index in [4.69, 9.17) is 11.6 Å². The Bertz CT molecular complexity index is 568. The van der Waals surface area contributed by atoms with Crippen LogP contribution in [0.5, 0.6) is 0 Å². The van der Waals surface area contributed by atoms with Gasteiger partial charge in [-0.15, -0.1) is 11.6 Å². The predicted octanol–water partition coefficient (Wildman–Crippen LogP) is 4.05. The molecule has 0 amide bonds. The highest BCUT2D eigenvalue weighted by Gasteiger charge is 2.08. The van der Waals surface area contributed by atoms with E-state index in [2.05, 4.69) is 17.0 Å². The lowest BCUT2D eigenvalue weighted by Gasteiger charge is -2.24. The van der Waals surface area contributed by atoms with Crippen LogP contribution < -0.4 is 4.90 Å². The molecule has 2 rings (SSSR count). The molecule has 20 heavy (non-hydrogen) atoms. The normalized spacial score (nSPS) is 10.3. The Kier molecular flexibility index (Phi) is 5.19. The van der Waals surface area contributed by atoms with E-state index >= 15 is 0 Å². The third kappa shape index (κ3) is 3.61. The van der Waals surface area contributed by atoms with Crippen molar-refractivity contribution in [2.24, 2.45) is 0 Å². The molecule has 0 heterocycles. The summed E-state index contributed by atoms with van der Waals surface area (Å²) in [6.45, 7) is 3.54. The number of carbonyl (C=O) groups excluding carboxylic acids is 1. The monoisotopic (exact) mass is 287 g/mol. The standard InChI is InChI=1S/C17H18ClNO/c1-14-11-17(8-7-16(14)13-20)19(10-9-18)12-15-5-3-2-4-6-15/h2-8,11,13H,9-10,12H2,1H3. The SMILES string of the molecule is Cc1cc(N(CCCl)Cc2ccccc2)ccc1C=O. The van der Waals surface area contributed by atoms with E-state index in [1.54, 1.807) is 0 Å². The van der Waals surface area contributed by atoms with Gasteiger partial charge in [0.1, 0.15) is 6.29 Å². The molecule has 0 atom stereocenters. The smallest absolute Gasteiger partial charge is 0.150 e. The van der Waals surface area contributed by atoms with Crippen LogP contribution in [-0.4, -0.2) is 18.7 Å². The quantitative estimate of drug-likeness (QED) is 0.590. The van der Waals surface area contributed by atoms with Gasteiger partial charge in [0, 0.05) is 30.2 Å². The molecule has 2 aromatic carbocycles. The zero-order valence-corrected chi connectivity index (χ0v) is 12.3. The predicted molar refractivity (Wildman–Crippen MR) is 84.8 cm³/mol. The summed E-state index contributed by atoms with van der Waals surface area (Å²) in [4.78, 5) is 13.1. The summed E-state index contributed by atoms with van der Waals surface area (Å²) in [5.41, 5.74) is 4.07. The number of hydrogen-bond acceptors (Lipinski definition) is 2. The highest BCUT2D eigenvalue weighted by Crippen LogP contribution is 2.20. The Balaban J connectivity index is 2.24. The third-order valence-electron chi connectivity index (χ3n) is 3.32. The molecule has 2 nitrogen and oxygen atoms in total. The molecule has 0 unspecified atom stereocenters. The Morgan fingerprint density at radius 1 is 1.15 bits per heavy atom. The molecule has 0 fully saturated rings. The maximum absolute atomic E-state index is 10.9. The fourth-order valence-electron chi connectivity index (χ4n) is 2.19. The fraction of sp³-hybridized carbons (Fsp3) is 0.235. The molecule has 0 aliphatic carbocycles. The Labute approximate surface area is 125 Å². The van der Waals surface area contributed by atoms with E-state index in [1.165, 1.54) is 5.56 Å². The van der Waals surface area contributed by atoms with Crippen molar-refractivity contribution in [3.63, 3.8) is 0 Å². The molecule has 0 aliphatic heterocycles. The van der Waals surface area contributed by atoms with Crippen LogP contribution in [0.4, 0.5) is 5.69 Å². The molecule has 0 aromatic heterocycles. The van der Waals surface area contributed by atoms with Crippen molar-refractivity contribution >= 4 is 23.6 Å². The number of hydrogen-bond donors (Lipinski definition) is 0. The van der Waals surface area contributed by atoms with Crippen LogP contribution in [0.15, 0.2) is 48.5 Å². The summed E-state index contributed by atoms with van der Waals surface area (Å²) in [6, 6.07) is 16.2. The Morgan fingerprint density at radius 2 is 1.90 bits per heavy atom. The van der Waals surface area contributed by atoms with Gasteiger partial charge in [-0.05, 0) is 36.2 Å². The Morgan fingerprint density at radius 3 is 2.50 bits per heavy atom. The molecular weight excluding hydrogens is 270 g/mol. The molecule has 0 aliphatic rings. The largest absolute Gasteiger partial charge is 0.366 e. The second-order valence-electron chi connectivity index (χ2n) is 4.75. The van der Waals surface area contributed by atoms with Crippen LogP contribution in [0.3, 0.4) is 0 Å². The first-order valence-corrected chi connectivity index (χ1v) is 7.18. The van der Waals surface area contributed by atoms with Gasteiger partial charge in [-0.25, -0.2) is 0 Å². The average Bonchev–Trinajstić information content (AvgIpc) is 2.48. The first-order chi connectivity index (χ1) is 9.74. The van der Waals surface area contributed by atoms with E-state index in [0.29, 0.717) is 5.88 Å². The summed E-state index contributed by atoms with van der Waals surface area (Å²) < 4.78 is 0. The van der Waals surface area contributed by atoms with Crippen LogP contribution in [0.2, 0.25) is 0 Å². The lowest BCUT2D eigenvalue weighted by molar-refractivity contribution is 0.112. The second kappa shape index (κ2) is 7.11. The van der Waals surface area contributed by atoms with Gasteiger partial charge in [0.15, 0.2) is 0 Å². The number of nitrogens with zero attached hydrogens (tertiary/aromatic N) is 1. The van der Waals surface area contributed by atoms with E-state index < -0.39 is 0 Å². The van der Waals surface area contributed by atoms with Gasteiger partial charge >= 0.3 is 0 Å². The molecule has 104 valence electrons. The maximum Gasteiger partial charge on any atom is 0.150 e. The highest BCUT2D eigenvalue weighted by atomic mass is 35.5. The van der Waals surface area contributed by atoms with Crippen molar-refractivity contribution < 1.29 is 4.79 Å². The molecule has 0 N–H and O–H groups in total. The van der Waals surface area contributed by atoms with Crippen molar-refractivity contribution in [2.45, 2.75) is 13.5 Å². The van der Waals surface area contributed by atoms with Crippen LogP contribution in [0.1, 0.15) is 21.5 Å². The van der Waals surface area contributed by atoms with Crippen molar-refractivity contribution in [3.8, 4) is 0 Å². The number of halogens is 1. The fourth-order valence-corrected chi connectivity index (χ4v) is 2.40. The summed E-state index contributed by atoms with van der Waals surface area (Å²) in [5.74, 6) is 0.571. The molecule has 0 bridgehead atoms. The van der Waals surface area contributed by atoms with Crippen LogP contribution in [0, 0.1) is 6.92 Å². The number of rotatable bonds is 6. The first-order valence-electron chi connectivity index (χ1n) is 6.65.